The van der Waals surface area contributed by atoms with E-state index in [1.54, 1.807) is 0 Å². The van der Waals surface area contributed by atoms with Crippen LogP contribution in [0.3, 0.4) is 0 Å². The van der Waals surface area contributed by atoms with Crippen molar-refractivity contribution in [1.82, 2.24) is 5.32 Å². The molecule has 5 nitrogen and oxygen atoms in total. The van der Waals surface area contributed by atoms with Gasteiger partial charge in [0, 0.05) is 13.0 Å². The highest BCUT2D eigenvalue weighted by Gasteiger charge is 2.18. The van der Waals surface area contributed by atoms with E-state index in [9.17, 15) is 4.79 Å². The third kappa shape index (κ3) is 11.6. The van der Waals surface area contributed by atoms with Crippen molar-refractivity contribution in [3.8, 4) is 0 Å². The van der Waals surface area contributed by atoms with E-state index in [1.807, 2.05) is 0 Å². The number of ether oxygens (including phenoxy) is 1. The maximum Gasteiger partial charge on any atom is 0.303 e. The van der Waals surface area contributed by atoms with Crippen molar-refractivity contribution in [2.75, 3.05) is 32.9 Å². The first-order valence-corrected chi connectivity index (χ1v) is 6.09. The lowest BCUT2D eigenvalue weighted by Crippen LogP contribution is -2.26. The molecule has 0 aromatic heterocycles. The van der Waals surface area contributed by atoms with Gasteiger partial charge in [0.05, 0.1) is 19.8 Å². The second kappa shape index (κ2) is 9.39. The van der Waals surface area contributed by atoms with Crippen molar-refractivity contribution < 1.29 is 19.7 Å². The van der Waals surface area contributed by atoms with Gasteiger partial charge in [-0.2, -0.15) is 0 Å². The molecule has 0 spiro atoms. The summed E-state index contributed by atoms with van der Waals surface area (Å²) in [5.74, 6) is -0.733. The summed E-state index contributed by atoms with van der Waals surface area (Å²) < 4.78 is 5.10. The molecule has 3 N–H and O–H groups in total. The van der Waals surface area contributed by atoms with E-state index >= 15 is 0 Å². The van der Waals surface area contributed by atoms with Crippen LogP contribution in [0, 0.1) is 5.41 Å². The fourth-order valence-corrected chi connectivity index (χ4v) is 1.43. The SMILES string of the molecule is CC(C)(CCNCCOCCO)CCC(=O)O. The molecule has 0 amide bonds. The molecule has 0 saturated carbocycles. The third-order valence-electron chi connectivity index (χ3n) is 2.65. The summed E-state index contributed by atoms with van der Waals surface area (Å²) in [6, 6.07) is 0. The van der Waals surface area contributed by atoms with E-state index in [2.05, 4.69) is 19.2 Å². The number of hydrogen-bond acceptors (Lipinski definition) is 4. The Hall–Kier alpha value is -0.650. The highest BCUT2D eigenvalue weighted by molar-refractivity contribution is 5.66. The molecule has 0 aliphatic rings. The van der Waals surface area contributed by atoms with Crippen LogP contribution in [0.4, 0.5) is 0 Å². The number of aliphatic carboxylic acids is 1. The molecule has 102 valence electrons. The smallest absolute Gasteiger partial charge is 0.303 e. The van der Waals surface area contributed by atoms with Crippen LogP contribution in [-0.2, 0) is 9.53 Å². The standard InChI is InChI=1S/C12H25NO4/c1-12(2,4-3-11(15)16)5-6-13-7-9-17-10-8-14/h13-14H,3-10H2,1-2H3,(H,15,16). The number of carboxylic acids is 1. The molecule has 0 unspecified atom stereocenters. The van der Waals surface area contributed by atoms with Crippen molar-refractivity contribution in [2.45, 2.75) is 33.1 Å². The molecule has 0 atom stereocenters. The summed E-state index contributed by atoms with van der Waals surface area (Å²) in [5.41, 5.74) is 0.0529. The zero-order chi connectivity index (χ0) is 13.1. The van der Waals surface area contributed by atoms with Crippen LogP contribution in [0.2, 0.25) is 0 Å². The van der Waals surface area contributed by atoms with Crippen molar-refractivity contribution >= 4 is 5.97 Å². The summed E-state index contributed by atoms with van der Waals surface area (Å²) in [7, 11) is 0. The molecular weight excluding hydrogens is 222 g/mol. The number of rotatable bonds is 11. The van der Waals surface area contributed by atoms with E-state index < -0.39 is 5.97 Å². The average molecular weight is 247 g/mol. The molecule has 0 aromatic rings. The second-order valence-electron chi connectivity index (χ2n) is 4.89. The number of aliphatic hydroxyl groups is 1. The summed E-state index contributed by atoms with van der Waals surface area (Å²) in [6.07, 6.45) is 1.87. The van der Waals surface area contributed by atoms with Crippen LogP contribution in [0.5, 0.6) is 0 Å². The van der Waals surface area contributed by atoms with Crippen LogP contribution < -0.4 is 5.32 Å². The summed E-state index contributed by atoms with van der Waals surface area (Å²) in [6.45, 7) is 6.81. The van der Waals surface area contributed by atoms with E-state index in [1.165, 1.54) is 0 Å². The van der Waals surface area contributed by atoms with Crippen LogP contribution >= 0.6 is 0 Å². The van der Waals surface area contributed by atoms with Gasteiger partial charge in [-0.15, -0.1) is 0 Å². The maximum absolute atomic E-state index is 10.5. The van der Waals surface area contributed by atoms with Crippen LogP contribution in [-0.4, -0.2) is 49.1 Å². The molecule has 0 radical (unpaired) electrons. The Bertz CT molecular complexity index is 207. The van der Waals surface area contributed by atoms with Crippen LogP contribution in [0.15, 0.2) is 0 Å². The van der Waals surface area contributed by atoms with Gasteiger partial charge in [0.1, 0.15) is 0 Å². The quantitative estimate of drug-likeness (QED) is 0.472. The lowest BCUT2D eigenvalue weighted by atomic mass is 9.84. The first-order valence-electron chi connectivity index (χ1n) is 6.09. The summed E-state index contributed by atoms with van der Waals surface area (Å²) >= 11 is 0. The highest BCUT2D eigenvalue weighted by Crippen LogP contribution is 2.25. The molecule has 5 heteroatoms. The molecule has 0 aliphatic heterocycles. The number of nitrogens with one attached hydrogen (secondary N) is 1. The van der Waals surface area contributed by atoms with Gasteiger partial charge in [-0.1, -0.05) is 13.8 Å². The molecule has 0 bridgehead atoms. The van der Waals surface area contributed by atoms with Gasteiger partial charge < -0.3 is 20.3 Å². The lowest BCUT2D eigenvalue weighted by molar-refractivity contribution is -0.137. The third-order valence-corrected chi connectivity index (χ3v) is 2.65. The predicted molar refractivity (Wildman–Crippen MR) is 66.0 cm³/mol. The average Bonchev–Trinajstić information content (AvgIpc) is 2.25. The molecular formula is C12H25NO4. The Labute approximate surface area is 103 Å². The van der Waals surface area contributed by atoms with Gasteiger partial charge in [0.2, 0.25) is 0 Å². The number of hydrogen-bond donors (Lipinski definition) is 3. The Kier molecular flexibility index (Phi) is 9.03. The van der Waals surface area contributed by atoms with Gasteiger partial charge in [0.25, 0.3) is 0 Å². The Balaban J connectivity index is 3.42. The minimum Gasteiger partial charge on any atom is -0.481 e. The first kappa shape index (κ1) is 16.4. The van der Waals surface area contributed by atoms with Crippen molar-refractivity contribution in [1.29, 1.82) is 0 Å². The van der Waals surface area contributed by atoms with Crippen LogP contribution in [0.1, 0.15) is 33.1 Å². The van der Waals surface area contributed by atoms with Gasteiger partial charge in [-0.3, -0.25) is 4.79 Å². The second-order valence-corrected chi connectivity index (χ2v) is 4.89. The number of aliphatic hydroxyl groups excluding tert-OH is 1. The Morgan fingerprint density at radius 3 is 2.53 bits per heavy atom. The molecule has 17 heavy (non-hydrogen) atoms. The molecule has 0 saturated heterocycles. The predicted octanol–water partition coefficient (Wildman–Crippen LogP) is 0.866. The van der Waals surface area contributed by atoms with Gasteiger partial charge in [0.15, 0.2) is 0 Å². The normalized spacial score (nSPS) is 11.7. The van der Waals surface area contributed by atoms with Crippen molar-refractivity contribution in [3.63, 3.8) is 0 Å². The highest BCUT2D eigenvalue weighted by atomic mass is 16.5. The zero-order valence-electron chi connectivity index (χ0n) is 10.9. The fourth-order valence-electron chi connectivity index (χ4n) is 1.43. The van der Waals surface area contributed by atoms with Gasteiger partial charge in [-0.25, -0.2) is 0 Å². The van der Waals surface area contributed by atoms with E-state index in [4.69, 9.17) is 14.9 Å². The van der Waals surface area contributed by atoms with Crippen LogP contribution in [0.25, 0.3) is 0 Å². The van der Waals surface area contributed by atoms with Crippen molar-refractivity contribution in [2.24, 2.45) is 5.41 Å². The molecule has 0 aliphatic carbocycles. The minimum atomic E-state index is -0.733. The van der Waals surface area contributed by atoms with E-state index in [-0.39, 0.29) is 18.4 Å². The summed E-state index contributed by atoms with van der Waals surface area (Å²) in [5, 5.41) is 20.3. The fraction of sp³-hybridized carbons (Fsp3) is 0.917. The largest absolute Gasteiger partial charge is 0.481 e. The van der Waals surface area contributed by atoms with Crippen molar-refractivity contribution in [3.05, 3.63) is 0 Å². The molecule has 0 fully saturated rings. The van der Waals surface area contributed by atoms with Gasteiger partial charge in [-0.05, 0) is 24.8 Å². The van der Waals surface area contributed by atoms with E-state index in [0.29, 0.717) is 19.6 Å². The zero-order valence-corrected chi connectivity index (χ0v) is 10.9. The summed E-state index contributed by atoms with van der Waals surface area (Å²) in [4.78, 5) is 10.5. The topological polar surface area (TPSA) is 78.8 Å². The number of carboxylic acid groups (broad SMARTS) is 1. The monoisotopic (exact) mass is 247 g/mol. The maximum atomic E-state index is 10.5. The molecule has 0 rings (SSSR count). The Morgan fingerprint density at radius 2 is 1.94 bits per heavy atom. The number of carbonyl (C=O) groups is 1. The molecule has 0 aromatic carbocycles. The van der Waals surface area contributed by atoms with E-state index in [0.717, 1.165) is 19.5 Å². The Morgan fingerprint density at radius 1 is 1.24 bits per heavy atom. The first-order chi connectivity index (χ1) is 7.98. The lowest BCUT2D eigenvalue weighted by Gasteiger charge is -2.23. The minimum absolute atomic E-state index is 0.0529. The van der Waals surface area contributed by atoms with Gasteiger partial charge >= 0.3 is 5.97 Å². The molecule has 0 heterocycles.